The number of nitrogens with zero attached hydrogens (tertiary/aromatic N) is 2. The van der Waals surface area contributed by atoms with Gasteiger partial charge in [-0.3, -0.25) is 9.69 Å². The maximum atomic E-state index is 12.2. The minimum atomic E-state index is 0.0429. The number of hydrogen-bond donors (Lipinski definition) is 1. The number of amides is 1. The van der Waals surface area contributed by atoms with Crippen LogP contribution in [0.4, 0.5) is 0 Å². The van der Waals surface area contributed by atoms with Crippen LogP contribution < -0.4 is 10.1 Å². The van der Waals surface area contributed by atoms with Crippen molar-refractivity contribution in [3.05, 3.63) is 29.3 Å². The fourth-order valence-corrected chi connectivity index (χ4v) is 2.84. The summed E-state index contributed by atoms with van der Waals surface area (Å²) in [5, 5.41) is 3.90. The molecule has 2 heterocycles. The fourth-order valence-electron chi connectivity index (χ4n) is 2.66. The van der Waals surface area contributed by atoms with Crippen molar-refractivity contribution < 1.29 is 9.53 Å². The van der Waals surface area contributed by atoms with Crippen LogP contribution in [0.1, 0.15) is 0 Å². The lowest BCUT2D eigenvalue weighted by atomic mass is 10.1. The van der Waals surface area contributed by atoms with Gasteiger partial charge in [-0.2, -0.15) is 0 Å². The van der Waals surface area contributed by atoms with Crippen molar-refractivity contribution in [2.24, 2.45) is 0 Å². The van der Waals surface area contributed by atoms with Crippen molar-refractivity contribution in [2.75, 3.05) is 45.9 Å². The number of hydrogen-bond acceptors (Lipinski definition) is 4. The van der Waals surface area contributed by atoms with E-state index in [-0.39, 0.29) is 12.5 Å². The summed E-state index contributed by atoms with van der Waals surface area (Å²) in [6.45, 7) is 5.70. The van der Waals surface area contributed by atoms with Gasteiger partial charge in [0.15, 0.2) is 6.61 Å². The number of carbonyl (C=O) groups is 1. The second kappa shape index (κ2) is 6.64. The molecular formula is C15H20ClN3O2. The minimum absolute atomic E-state index is 0.0429. The maximum Gasteiger partial charge on any atom is 0.260 e. The molecule has 1 amide bonds. The highest BCUT2D eigenvalue weighted by atomic mass is 35.5. The van der Waals surface area contributed by atoms with Crippen LogP contribution in [0.25, 0.3) is 0 Å². The number of ether oxygens (including phenoxy) is 1. The molecule has 0 bridgehead atoms. The number of nitrogens with one attached hydrogen (secondary N) is 1. The zero-order valence-corrected chi connectivity index (χ0v) is 12.7. The van der Waals surface area contributed by atoms with Crippen molar-refractivity contribution in [3.63, 3.8) is 0 Å². The Bertz CT molecular complexity index is 499. The van der Waals surface area contributed by atoms with Crippen molar-refractivity contribution in [3.8, 4) is 5.75 Å². The van der Waals surface area contributed by atoms with Crippen LogP contribution in [0.15, 0.2) is 24.3 Å². The summed E-state index contributed by atoms with van der Waals surface area (Å²) < 4.78 is 5.51. The first kappa shape index (κ1) is 14.6. The second-order valence-corrected chi connectivity index (χ2v) is 5.91. The van der Waals surface area contributed by atoms with Crippen molar-refractivity contribution >= 4 is 17.5 Å². The highest BCUT2D eigenvalue weighted by Crippen LogP contribution is 2.17. The molecule has 2 aliphatic heterocycles. The molecule has 0 unspecified atom stereocenters. The van der Waals surface area contributed by atoms with Crippen LogP contribution in [-0.4, -0.2) is 67.6 Å². The number of rotatable bonds is 4. The highest BCUT2D eigenvalue weighted by Gasteiger charge is 2.29. The van der Waals surface area contributed by atoms with E-state index in [9.17, 15) is 4.79 Å². The van der Waals surface area contributed by atoms with Crippen molar-refractivity contribution in [1.29, 1.82) is 0 Å². The van der Waals surface area contributed by atoms with Gasteiger partial charge in [0.2, 0.25) is 0 Å². The average Bonchev–Trinajstić information content (AvgIpc) is 2.44. The molecule has 0 radical (unpaired) electrons. The Kier molecular flexibility index (Phi) is 4.63. The summed E-state index contributed by atoms with van der Waals surface area (Å²) in [5.41, 5.74) is 0. The third kappa shape index (κ3) is 3.67. The first-order valence-corrected chi connectivity index (χ1v) is 7.71. The molecule has 21 heavy (non-hydrogen) atoms. The lowest BCUT2D eigenvalue weighted by molar-refractivity contribution is -0.135. The average molecular weight is 310 g/mol. The molecule has 1 aromatic rings. The van der Waals surface area contributed by atoms with E-state index in [1.807, 2.05) is 11.0 Å². The molecule has 5 nitrogen and oxygen atoms in total. The van der Waals surface area contributed by atoms with Gasteiger partial charge < -0.3 is 15.0 Å². The van der Waals surface area contributed by atoms with E-state index in [4.69, 9.17) is 16.3 Å². The summed E-state index contributed by atoms with van der Waals surface area (Å²) in [7, 11) is 0. The number of piperazine rings is 1. The number of carbonyl (C=O) groups excluding carboxylic acids is 1. The van der Waals surface area contributed by atoms with Gasteiger partial charge in [0.1, 0.15) is 5.75 Å². The molecule has 0 atom stereocenters. The van der Waals surface area contributed by atoms with Crippen molar-refractivity contribution in [2.45, 2.75) is 6.04 Å². The summed E-state index contributed by atoms with van der Waals surface area (Å²) in [6.07, 6.45) is 0. The van der Waals surface area contributed by atoms with Crippen LogP contribution in [-0.2, 0) is 4.79 Å². The summed E-state index contributed by atoms with van der Waals surface area (Å²) in [4.78, 5) is 16.5. The first-order chi connectivity index (χ1) is 10.2. The molecule has 0 saturated carbocycles. The van der Waals surface area contributed by atoms with Crippen LogP contribution in [0, 0.1) is 0 Å². The Morgan fingerprint density at radius 3 is 2.67 bits per heavy atom. The van der Waals surface area contributed by atoms with E-state index in [1.165, 1.54) is 0 Å². The van der Waals surface area contributed by atoms with Crippen LogP contribution in [0.3, 0.4) is 0 Å². The van der Waals surface area contributed by atoms with Crippen LogP contribution in [0.2, 0.25) is 5.02 Å². The largest absolute Gasteiger partial charge is 0.484 e. The fraction of sp³-hybridized carbons (Fsp3) is 0.533. The highest BCUT2D eigenvalue weighted by molar-refractivity contribution is 6.30. The molecule has 0 aromatic heterocycles. The van der Waals surface area contributed by atoms with E-state index in [1.54, 1.807) is 18.2 Å². The maximum absolute atomic E-state index is 12.2. The molecule has 0 spiro atoms. The van der Waals surface area contributed by atoms with E-state index in [2.05, 4.69) is 10.2 Å². The Balaban J connectivity index is 1.43. The zero-order chi connectivity index (χ0) is 14.7. The topological polar surface area (TPSA) is 44.8 Å². The molecule has 2 aliphatic rings. The Morgan fingerprint density at radius 2 is 2.05 bits per heavy atom. The van der Waals surface area contributed by atoms with E-state index in [0.29, 0.717) is 16.8 Å². The van der Waals surface area contributed by atoms with Gasteiger partial charge in [-0.25, -0.2) is 0 Å². The van der Waals surface area contributed by atoms with Gasteiger partial charge in [-0.15, -0.1) is 0 Å². The predicted octanol–water partition coefficient (Wildman–Crippen LogP) is 0.835. The van der Waals surface area contributed by atoms with Gasteiger partial charge >= 0.3 is 0 Å². The van der Waals surface area contributed by atoms with E-state index in [0.717, 1.165) is 39.3 Å². The summed E-state index contributed by atoms with van der Waals surface area (Å²) >= 11 is 5.89. The van der Waals surface area contributed by atoms with Gasteiger partial charge in [0.05, 0.1) is 0 Å². The molecule has 6 heteroatoms. The smallest absolute Gasteiger partial charge is 0.260 e. The zero-order valence-electron chi connectivity index (χ0n) is 11.9. The second-order valence-electron chi connectivity index (χ2n) is 5.47. The van der Waals surface area contributed by atoms with Gasteiger partial charge in [0.25, 0.3) is 5.91 Å². The first-order valence-electron chi connectivity index (χ1n) is 7.33. The Morgan fingerprint density at radius 1 is 1.29 bits per heavy atom. The van der Waals surface area contributed by atoms with Crippen LogP contribution >= 0.6 is 11.6 Å². The molecular weight excluding hydrogens is 290 g/mol. The van der Waals surface area contributed by atoms with Gasteiger partial charge in [-0.1, -0.05) is 17.7 Å². The third-order valence-corrected chi connectivity index (χ3v) is 4.34. The third-order valence-electron chi connectivity index (χ3n) is 4.10. The molecule has 3 rings (SSSR count). The Hall–Kier alpha value is -1.30. The summed E-state index contributed by atoms with van der Waals surface area (Å²) in [5.74, 6) is 0.677. The van der Waals surface area contributed by atoms with E-state index >= 15 is 0 Å². The summed E-state index contributed by atoms with van der Waals surface area (Å²) in [6, 6.07) is 7.78. The molecule has 2 saturated heterocycles. The quantitative estimate of drug-likeness (QED) is 0.895. The minimum Gasteiger partial charge on any atom is -0.484 e. The predicted molar refractivity (Wildman–Crippen MR) is 81.8 cm³/mol. The standard InChI is InChI=1S/C15H20ClN3O2/c16-12-2-1-3-14(8-12)21-11-15(20)19-6-4-18(5-7-19)13-9-17-10-13/h1-3,8,13,17H,4-7,9-11H2. The Labute approximate surface area is 129 Å². The van der Waals surface area contributed by atoms with Gasteiger partial charge in [0, 0.05) is 50.3 Å². The molecule has 0 aliphatic carbocycles. The monoisotopic (exact) mass is 309 g/mol. The van der Waals surface area contributed by atoms with E-state index < -0.39 is 0 Å². The molecule has 1 N–H and O–H groups in total. The molecule has 1 aromatic carbocycles. The SMILES string of the molecule is O=C(COc1cccc(Cl)c1)N1CCN(C2CNC2)CC1. The number of halogens is 1. The lowest BCUT2D eigenvalue weighted by Crippen LogP contribution is -2.62. The number of benzene rings is 1. The molecule has 2 fully saturated rings. The normalized spacial score (nSPS) is 20.1. The lowest BCUT2D eigenvalue weighted by Gasteiger charge is -2.43. The van der Waals surface area contributed by atoms with Crippen LogP contribution in [0.5, 0.6) is 5.75 Å². The molecule has 114 valence electrons. The van der Waals surface area contributed by atoms with Gasteiger partial charge in [-0.05, 0) is 18.2 Å². The van der Waals surface area contributed by atoms with Crippen molar-refractivity contribution in [1.82, 2.24) is 15.1 Å².